The van der Waals surface area contributed by atoms with Gasteiger partial charge in [0, 0.05) is 36.2 Å². The van der Waals surface area contributed by atoms with Crippen LogP contribution in [0.4, 0.5) is 4.39 Å². The van der Waals surface area contributed by atoms with Gasteiger partial charge in [0.2, 0.25) is 5.82 Å². The standard InChI is InChI=1S/C21H15ClFN3O2/c1-27-12-15-8-13(6-7-17(15)18-4-2-3-5-19(18)23)21-25-20(26-28-21)14-9-16(22)11-24-10-14/h2-11H,12H2,1H3. The first kappa shape index (κ1) is 18.3. The Morgan fingerprint density at radius 2 is 1.89 bits per heavy atom. The molecule has 5 nitrogen and oxygen atoms in total. The molecule has 0 atom stereocenters. The lowest BCUT2D eigenvalue weighted by atomic mass is 9.97. The molecule has 0 radical (unpaired) electrons. The van der Waals surface area contributed by atoms with Gasteiger partial charge in [0.15, 0.2) is 0 Å². The van der Waals surface area contributed by atoms with E-state index >= 15 is 0 Å². The van der Waals surface area contributed by atoms with Gasteiger partial charge >= 0.3 is 0 Å². The molecule has 0 unspecified atom stereocenters. The molecule has 0 aliphatic rings. The van der Waals surface area contributed by atoms with Gasteiger partial charge in [0.25, 0.3) is 5.89 Å². The smallest absolute Gasteiger partial charge is 0.258 e. The Morgan fingerprint density at radius 1 is 1.04 bits per heavy atom. The van der Waals surface area contributed by atoms with Crippen molar-refractivity contribution in [3.8, 4) is 34.0 Å². The van der Waals surface area contributed by atoms with Crippen molar-refractivity contribution >= 4 is 11.6 Å². The molecule has 0 saturated carbocycles. The Kier molecular flexibility index (Phi) is 5.14. The largest absolute Gasteiger partial charge is 0.380 e. The third-order valence-electron chi connectivity index (χ3n) is 4.21. The maximum absolute atomic E-state index is 14.2. The Balaban J connectivity index is 1.73. The maximum atomic E-state index is 14.2. The van der Waals surface area contributed by atoms with E-state index in [4.69, 9.17) is 20.9 Å². The SMILES string of the molecule is COCc1cc(-c2nc(-c3cncc(Cl)c3)no2)ccc1-c1ccccc1F. The van der Waals surface area contributed by atoms with E-state index in [9.17, 15) is 4.39 Å². The Morgan fingerprint density at radius 3 is 2.68 bits per heavy atom. The number of aromatic nitrogens is 3. The van der Waals surface area contributed by atoms with Crippen LogP contribution in [0.15, 0.2) is 65.4 Å². The number of benzene rings is 2. The van der Waals surface area contributed by atoms with Gasteiger partial charge in [0.1, 0.15) is 5.82 Å². The van der Waals surface area contributed by atoms with Crippen molar-refractivity contribution in [2.45, 2.75) is 6.61 Å². The van der Waals surface area contributed by atoms with E-state index in [1.807, 2.05) is 18.2 Å². The van der Waals surface area contributed by atoms with Crippen LogP contribution >= 0.6 is 11.6 Å². The predicted molar refractivity (Wildman–Crippen MR) is 104 cm³/mol. The summed E-state index contributed by atoms with van der Waals surface area (Å²) in [6.07, 6.45) is 3.14. The summed E-state index contributed by atoms with van der Waals surface area (Å²) in [5.74, 6) is 0.435. The molecule has 0 aliphatic heterocycles. The molecule has 2 aromatic carbocycles. The van der Waals surface area contributed by atoms with Crippen LogP contribution in [-0.4, -0.2) is 22.2 Å². The zero-order chi connectivity index (χ0) is 19.5. The van der Waals surface area contributed by atoms with Crippen molar-refractivity contribution in [3.05, 3.63) is 77.3 Å². The minimum Gasteiger partial charge on any atom is -0.380 e. The molecule has 0 spiro atoms. The highest BCUT2D eigenvalue weighted by Crippen LogP contribution is 2.31. The minimum atomic E-state index is -0.291. The van der Waals surface area contributed by atoms with Crippen molar-refractivity contribution < 1.29 is 13.7 Å². The summed E-state index contributed by atoms with van der Waals surface area (Å²) in [7, 11) is 1.59. The van der Waals surface area contributed by atoms with Gasteiger partial charge in [-0.05, 0) is 35.4 Å². The summed E-state index contributed by atoms with van der Waals surface area (Å²) in [4.78, 5) is 8.45. The van der Waals surface area contributed by atoms with E-state index in [0.717, 1.165) is 11.1 Å². The molecule has 140 valence electrons. The normalized spacial score (nSPS) is 11.0. The van der Waals surface area contributed by atoms with E-state index < -0.39 is 0 Å². The van der Waals surface area contributed by atoms with Crippen molar-refractivity contribution in [2.24, 2.45) is 0 Å². The van der Waals surface area contributed by atoms with Crippen molar-refractivity contribution in [3.63, 3.8) is 0 Å². The van der Waals surface area contributed by atoms with Crippen LogP contribution in [-0.2, 0) is 11.3 Å². The monoisotopic (exact) mass is 395 g/mol. The highest BCUT2D eigenvalue weighted by atomic mass is 35.5. The summed E-state index contributed by atoms with van der Waals surface area (Å²) in [6.45, 7) is 0.316. The van der Waals surface area contributed by atoms with Crippen LogP contribution in [0.3, 0.4) is 0 Å². The van der Waals surface area contributed by atoms with Gasteiger partial charge in [-0.15, -0.1) is 0 Å². The zero-order valence-corrected chi connectivity index (χ0v) is 15.7. The summed E-state index contributed by atoms with van der Waals surface area (Å²) in [5.41, 5.74) is 3.44. The number of halogens is 2. The van der Waals surface area contributed by atoms with Crippen molar-refractivity contribution in [1.29, 1.82) is 0 Å². The second kappa shape index (κ2) is 7.88. The minimum absolute atomic E-state index is 0.291. The molecule has 0 fully saturated rings. The highest BCUT2D eigenvalue weighted by Gasteiger charge is 2.15. The number of methoxy groups -OCH3 is 1. The Hall–Kier alpha value is -3.09. The second-order valence-electron chi connectivity index (χ2n) is 6.10. The molecule has 0 bridgehead atoms. The molecular formula is C21H15ClFN3O2. The lowest BCUT2D eigenvalue weighted by Gasteiger charge is -2.11. The van der Waals surface area contributed by atoms with Gasteiger partial charge < -0.3 is 9.26 Å². The van der Waals surface area contributed by atoms with Gasteiger partial charge in [-0.2, -0.15) is 4.98 Å². The summed E-state index contributed by atoms with van der Waals surface area (Å²) >= 11 is 5.97. The van der Waals surface area contributed by atoms with E-state index in [-0.39, 0.29) is 5.82 Å². The molecule has 2 heterocycles. The van der Waals surface area contributed by atoms with E-state index in [0.29, 0.717) is 40.0 Å². The molecule has 4 aromatic rings. The third kappa shape index (κ3) is 3.65. The third-order valence-corrected chi connectivity index (χ3v) is 4.41. The zero-order valence-electron chi connectivity index (χ0n) is 14.9. The molecular weight excluding hydrogens is 381 g/mol. The van der Waals surface area contributed by atoms with Gasteiger partial charge in [-0.1, -0.05) is 41.0 Å². The van der Waals surface area contributed by atoms with Crippen LogP contribution in [0.25, 0.3) is 34.0 Å². The first-order chi connectivity index (χ1) is 13.7. The molecule has 0 N–H and O–H groups in total. The fourth-order valence-electron chi connectivity index (χ4n) is 2.94. The highest BCUT2D eigenvalue weighted by molar-refractivity contribution is 6.30. The summed E-state index contributed by atoms with van der Waals surface area (Å²) < 4.78 is 24.9. The van der Waals surface area contributed by atoms with Gasteiger partial charge in [-0.25, -0.2) is 4.39 Å². The fraction of sp³-hybridized carbons (Fsp3) is 0.0952. The number of ether oxygens (including phenoxy) is 1. The number of pyridine rings is 1. The fourth-order valence-corrected chi connectivity index (χ4v) is 3.11. The van der Waals surface area contributed by atoms with E-state index in [1.54, 1.807) is 37.6 Å². The number of hydrogen-bond donors (Lipinski definition) is 0. The van der Waals surface area contributed by atoms with Crippen molar-refractivity contribution in [1.82, 2.24) is 15.1 Å². The second-order valence-corrected chi connectivity index (χ2v) is 6.54. The molecule has 28 heavy (non-hydrogen) atoms. The summed E-state index contributed by atoms with van der Waals surface area (Å²) in [5, 5.41) is 4.48. The molecule has 2 aromatic heterocycles. The topological polar surface area (TPSA) is 61.0 Å². The molecule has 7 heteroatoms. The lowest BCUT2D eigenvalue weighted by molar-refractivity contribution is 0.185. The number of rotatable bonds is 5. The van der Waals surface area contributed by atoms with Crippen LogP contribution < -0.4 is 0 Å². The van der Waals surface area contributed by atoms with E-state index in [1.165, 1.54) is 12.3 Å². The maximum Gasteiger partial charge on any atom is 0.258 e. The van der Waals surface area contributed by atoms with Crippen LogP contribution in [0.1, 0.15) is 5.56 Å². The van der Waals surface area contributed by atoms with Crippen LogP contribution in [0.2, 0.25) is 5.02 Å². The number of nitrogens with zero attached hydrogens (tertiary/aromatic N) is 3. The van der Waals surface area contributed by atoms with Gasteiger partial charge in [0.05, 0.1) is 11.6 Å². The Labute approximate surface area is 165 Å². The predicted octanol–water partition coefficient (Wildman–Crippen LogP) is 5.40. The average molecular weight is 396 g/mol. The Bertz CT molecular complexity index is 1130. The first-order valence-corrected chi connectivity index (χ1v) is 8.85. The summed E-state index contributed by atoms with van der Waals surface area (Å²) in [6, 6.07) is 13.8. The first-order valence-electron chi connectivity index (χ1n) is 8.47. The van der Waals surface area contributed by atoms with E-state index in [2.05, 4.69) is 15.1 Å². The van der Waals surface area contributed by atoms with Gasteiger partial charge in [-0.3, -0.25) is 4.98 Å². The van der Waals surface area contributed by atoms with Crippen LogP contribution in [0, 0.1) is 5.82 Å². The number of hydrogen-bond acceptors (Lipinski definition) is 5. The van der Waals surface area contributed by atoms with Crippen LogP contribution in [0.5, 0.6) is 0 Å². The molecule has 0 amide bonds. The molecule has 4 rings (SSSR count). The lowest BCUT2D eigenvalue weighted by Crippen LogP contribution is -1.95. The molecule has 0 aliphatic carbocycles. The quantitative estimate of drug-likeness (QED) is 0.452. The average Bonchev–Trinajstić information content (AvgIpc) is 3.19. The molecule has 0 saturated heterocycles. The van der Waals surface area contributed by atoms with Crippen molar-refractivity contribution in [2.75, 3.05) is 7.11 Å².